The van der Waals surface area contributed by atoms with Crippen LogP contribution >= 0.6 is 0 Å². The van der Waals surface area contributed by atoms with Crippen LogP contribution in [0.1, 0.15) is 37.7 Å². The molecule has 6 nitrogen and oxygen atoms in total. The summed E-state index contributed by atoms with van der Waals surface area (Å²) in [7, 11) is -3.35. The van der Waals surface area contributed by atoms with Crippen molar-refractivity contribution in [3.63, 3.8) is 0 Å². The molecule has 2 heterocycles. The molecule has 1 unspecified atom stereocenters. The summed E-state index contributed by atoms with van der Waals surface area (Å²) in [4.78, 5) is 16.8. The Balaban J connectivity index is 1.60. The van der Waals surface area contributed by atoms with E-state index in [-0.39, 0.29) is 24.2 Å². The lowest BCUT2D eigenvalue weighted by atomic mass is 10.0. The normalized spacial score (nSPS) is 21.5. The summed E-state index contributed by atoms with van der Waals surface area (Å²) in [5.41, 5.74) is 0.767. The summed E-state index contributed by atoms with van der Waals surface area (Å²) in [6.07, 6.45) is 6.63. The number of sulfonamides is 1. The van der Waals surface area contributed by atoms with E-state index in [1.54, 1.807) is 21.3 Å². The fraction of sp³-hybridized carbons (Fsp3) is 0.667. The van der Waals surface area contributed by atoms with Crippen molar-refractivity contribution in [3.05, 3.63) is 35.6 Å². The second-order valence-corrected chi connectivity index (χ2v) is 10.2. The lowest BCUT2D eigenvalue weighted by Crippen LogP contribution is -2.53. The molecule has 162 valence electrons. The van der Waals surface area contributed by atoms with Crippen LogP contribution in [0.5, 0.6) is 0 Å². The molecule has 0 saturated carbocycles. The van der Waals surface area contributed by atoms with Crippen LogP contribution in [-0.4, -0.2) is 80.0 Å². The molecule has 0 spiro atoms. The van der Waals surface area contributed by atoms with Crippen LogP contribution in [0.15, 0.2) is 24.3 Å². The van der Waals surface area contributed by atoms with Gasteiger partial charge < -0.3 is 9.80 Å². The topological polar surface area (TPSA) is 60.9 Å². The van der Waals surface area contributed by atoms with Crippen molar-refractivity contribution < 1.29 is 17.6 Å². The molecule has 8 heteroatoms. The Bertz CT molecular complexity index is 779. The fourth-order valence-corrected chi connectivity index (χ4v) is 5.47. The molecule has 0 bridgehead atoms. The maximum absolute atomic E-state index is 13.1. The van der Waals surface area contributed by atoms with Gasteiger partial charge in [0.1, 0.15) is 5.82 Å². The molecule has 1 aromatic rings. The minimum atomic E-state index is -3.35. The fourth-order valence-electron chi connectivity index (χ4n) is 4.35. The van der Waals surface area contributed by atoms with Crippen LogP contribution in [-0.2, 0) is 21.2 Å². The summed E-state index contributed by atoms with van der Waals surface area (Å²) >= 11 is 0. The molecule has 2 fully saturated rings. The van der Waals surface area contributed by atoms with Gasteiger partial charge in [0.15, 0.2) is 0 Å². The molecule has 0 aromatic heterocycles. The minimum Gasteiger partial charge on any atom is -0.341 e. The maximum Gasteiger partial charge on any atom is 0.227 e. The van der Waals surface area contributed by atoms with Crippen LogP contribution in [0.25, 0.3) is 0 Å². The molecule has 0 radical (unpaired) electrons. The van der Waals surface area contributed by atoms with Crippen LogP contribution in [0.4, 0.5) is 4.39 Å². The number of carbonyl (C=O) groups is 1. The number of rotatable bonds is 7. The Morgan fingerprint density at radius 1 is 1.10 bits per heavy atom. The van der Waals surface area contributed by atoms with E-state index in [0.717, 1.165) is 38.0 Å². The SMILES string of the molecule is CS(=O)(=O)N(CCN1CCCCC1)C1CCCN(C(=O)Cc2ccc(F)cc2)C1. The highest BCUT2D eigenvalue weighted by atomic mass is 32.2. The van der Waals surface area contributed by atoms with E-state index >= 15 is 0 Å². The highest BCUT2D eigenvalue weighted by Crippen LogP contribution is 2.20. The third-order valence-electron chi connectivity index (χ3n) is 5.94. The molecule has 29 heavy (non-hydrogen) atoms. The van der Waals surface area contributed by atoms with Gasteiger partial charge in [-0.1, -0.05) is 18.6 Å². The van der Waals surface area contributed by atoms with Crippen molar-refractivity contribution in [2.45, 2.75) is 44.6 Å². The number of nitrogens with zero attached hydrogens (tertiary/aromatic N) is 3. The summed E-state index contributed by atoms with van der Waals surface area (Å²) in [5.74, 6) is -0.359. The van der Waals surface area contributed by atoms with Gasteiger partial charge in [-0.15, -0.1) is 0 Å². The number of hydrogen-bond donors (Lipinski definition) is 0. The van der Waals surface area contributed by atoms with E-state index in [0.29, 0.717) is 19.6 Å². The van der Waals surface area contributed by atoms with Crippen LogP contribution in [0.2, 0.25) is 0 Å². The number of halogens is 1. The number of amides is 1. The molecule has 0 N–H and O–H groups in total. The van der Waals surface area contributed by atoms with Crippen molar-refractivity contribution >= 4 is 15.9 Å². The highest BCUT2D eigenvalue weighted by molar-refractivity contribution is 7.88. The Morgan fingerprint density at radius 2 is 1.79 bits per heavy atom. The quantitative estimate of drug-likeness (QED) is 0.671. The van der Waals surface area contributed by atoms with Gasteiger partial charge in [0.2, 0.25) is 15.9 Å². The Hall–Kier alpha value is -1.51. The summed E-state index contributed by atoms with van der Waals surface area (Å²) in [5, 5.41) is 0. The Morgan fingerprint density at radius 3 is 2.45 bits per heavy atom. The first kappa shape index (κ1) is 22.2. The first-order valence-electron chi connectivity index (χ1n) is 10.5. The van der Waals surface area contributed by atoms with E-state index in [2.05, 4.69) is 4.90 Å². The summed E-state index contributed by atoms with van der Waals surface area (Å²) in [6.45, 7) is 4.35. The van der Waals surface area contributed by atoms with Crippen molar-refractivity contribution in [1.29, 1.82) is 0 Å². The summed E-state index contributed by atoms with van der Waals surface area (Å²) < 4.78 is 39.6. The second kappa shape index (κ2) is 10.00. The predicted octanol–water partition coefficient (Wildman–Crippen LogP) is 2.11. The molecule has 1 aromatic carbocycles. The number of hydrogen-bond acceptors (Lipinski definition) is 4. The number of benzene rings is 1. The Labute approximate surface area is 173 Å². The van der Waals surface area contributed by atoms with E-state index in [1.807, 2.05) is 0 Å². The monoisotopic (exact) mass is 425 g/mol. The molecule has 0 aliphatic carbocycles. The zero-order chi connectivity index (χ0) is 20.9. The van der Waals surface area contributed by atoms with Crippen LogP contribution in [0.3, 0.4) is 0 Å². The molecular formula is C21H32FN3O3S. The first-order valence-corrected chi connectivity index (χ1v) is 12.4. The molecule has 3 rings (SSSR count). The molecular weight excluding hydrogens is 393 g/mol. The van der Waals surface area contributed by atoms with Gasteiger partial charge in [0.25, 0.3) is 0 Å². The van der Waals surface area contributed by atoms with Crippen LogP contribution < -0.4 is 0 Å². The predicted molar refractivity (Wildman–Crippen MR) is 112 cm³/mol. The zero-order valence-corrected chi connectivity index (χ0v) is 18.0. The maximum atomic E-state index is 13.1. The van der Waals surface area contributed by atoms with E-state index in [9.17, 15) is 17.6 Å². The van der Waals surface area contributed by atoms with E-state index < -0.39 is 10.0 Å². The van der Waals surface area contributed by atoms with Crippen molar-refractivity contribution in [2.24, 2.45) is 0 Å². The van der Waals surface area contributed by atoms with Gasteiger partial charge in [-0.25, -0.2) is 12.8 Å². The average Bonchev–Trinajstić information content (AvgIpc) is 2.70. The van der Waals surface area contributed by atoms with Gasteiger partial charge in [-0.2, -0.15) is 4.31 Å². The largest absolute Gasteiger partial charge is 0.341 e. The van der Waals surface area contributed by atoms with Gasteiger partial charge in [0.05, 0.1) is 12.7 Å². The Kier molecular flexibility index (Phi) is 7.65. The van der Waals surface area contributed by atoms with Crippen molar-refractivity contribution in [1.82, 2.24) is 14.1 Å². The smallest absolute Gasteiger partial charge is 0.227 e. The van der Waals surface area contributed by atoms with Gasteiger partial charge in [-0.3, -0.25) is 4.79 Å². The molecule has 1 amide bonds. The number of piperidine rings is 2. The number of likely N-dealkylation sites (tertiary alicyclic amines) is 2. The lowest BCUT2D eigenvalue weighted by molar-refractivity contribution is -0.132. The molecule has 2 saturated heterocycles. The molecule has 1 atom stereocenters. The third-order valence-corrected chi connectivity index (χ3v) is 7.27. The third kappa shape index (κ3) is 6.49. The minimum absolute atomic E-state index is 0.0363. The summed E-state index contributed by atoms with van der Waals surface area (Å²) in [6, 6.07) is 5.77. The lowest BCUT2D eigenvalue weighted by Gasteiger charge is -2.39. The van der Waals surface area contributed by atoms with Crippen molar-refractivity contribution in [2.75, 3.05) is 45.5 Å². The van der Waals surface area contributed by atoms with Gasteiger partial charge >= 0.3 is 0 Å². The van der Waals surface area contributed by atoms with E-state index in [4.69, 9.17) is 0 Å². The first-order chi connectivity index (χ1) is 13.8. The molecule has 2 aliphatic rings. The van der Waals surface area contributed by atoms with Gasteiger partial charge in [0, 0.05) is 32.2 Å². The van der Waals surface area contributed by atoms with Crippen molar-refractivity contribution in [3.8, 4) is 0 Å². The van der Waals surface area contributed by atoms with Crippen LogP contribution in [0, 0.1) is 5.82 Å². The average molecular weight is 426 g/mol. The second-order valence-electron chi connectivity index (χ2n) is 8.22. The standard InChI is InChI=1S/C21H32FN3O3S/c1-29(27,28)25(15-14-23-11-3-2-4-12-23)20-6-5-13-24(17-20)21(26)16-18-7-9-19(22)10-8-18/h7-10,20H,2-6,11-17H2,1H3. The van der Waals surface area contributed by atoms with E-state index in [1.165, 1.54) is 37.7 Å². The zero-order valence-electron chi connectivity index (χ0n) is 17.2. The van der Waals surface area contributed by atoms with Gasteiger partial charge in [-0.05, 0) is 56.5 Å². The number of carbonyl (C=O) groups excluding carboxylic acids is 1. The highest BCUT2D eigenvalue weighted by Gasteiger charge is 2.32. The molecule has 2 aliphatic heterocycles.